The maximum atomic E-state index is 12.3. The maximum absolute atomic E-state index is 12.3. The first-order valence-corrected chi connectivity index (χ1v) is 8.23. The number of phenols is 1. The molecule has 0 radical (unpaired) electrons. The summed E-state index contributed by atoms with van der Waals surface area (Å²) >= 11 is 0. The van der Waals surface area contributed by atoms with E-state index in [0.717, 1.165) is 12.8 Å². The van der Waals surface area contributed by atoms with E-state index in [0.29, 0.717) is 16.8 Å². The monoisotopic (exact) mass is 339 g/mol. The second-order valence-electron chi connectivity index (χ2n) is 6.24. The Hall–Kier alpha value is -3.02. The van der Waals surface area contributed by atoms with Crippen LogP contribution in [0.25, 0.3) is 0 Å². The minimum absolute atomic E-state index is 0.124. The van der Waals surface area contributed by atoms with Crippen molar-refractivity contribution in [3.05, 3.63) is 59.7 Å². The van der Waals surface area contributed by atoms with Crippen molar-refractivity contribution in [1.82, 2.24) is 10.2 Å². The second kappa shape index (κ2) is 7.25. The summed E-state index contributed by atoms with van der Waals surface area (Å²) in [6.45, 7) is 0.278. The average molecular weight is 339 g/mol. The minimum atomic E-state index is -0.317. The highest BCUT2D eigenvalue weighted by atomic mass is 16.3. The predicted octanol–water partition coefficient (Wildman–Crippen LogP) is 2.95. The Balaban J connectivity index is 1.62. The molecule has 2 aromatic carbocycles. The van der Waals surface area contributed by atoms with Crippen molar-refractivity contribution >= 4 is 17.6 Å². The molecular weight excluding hydrogens is 318 g/mol. The van der Waals surface area contributed by atoms with Crippen LogP contribution in [0.2, 0.25) is 0 Å². The van der Waals surface area contributed by atoms with Crippen LogP contribution in [0.15, 0.2) is 48.5 Å². The third-order valence-corrected chi connectivity index (χ3v) is 4.03. The van der Waals surface area contributed by atoms with E-state index in [2.05, 4.69) is 10.6 Å². The van der Waals surface area contributed by atoms with Gasteiger partial charge in [-0.1, -0.05) is 24.3 Å². The van der Waals surface area contributed by atoms with Gasteiger partial charge in [0.25, 0.3) is 5.91 Å². The number of aromatic hydroxyl groups is 1. The van der Waals surface area contributed by atoms with Gasteiger partial charge in [-0.3, -0.25) is 4.79 Å². The molecule has 1 aliphatic carbocycles. The van der Waals surface area contributed by atoms with Crippen LogP contribution in [0, 0.1) is 0 Å². The van der Waals surface area contributed by atoms with Gasteiger partial charge < -0.3 is 20.6 Å². The van der Waals surface area contributed by atoms with Crippen molar-refractivity contribution in [2.45, 2.75) is 25.4 Å². The van der Waals surface area contributed by atoms with E-state index >= 15 is 0 Å². The van der Waals surface area contributed by atoms with E-state index < -0.39 is 0 Å². The van der Waals surface area contributed by atoms with Crippen LogP contribution in [-0.4, -0.2) is 35.0 Å². The first-order chi connectivity index (χ1) is 12.0. The van der Waals surface area contributed by atoms with Crippen LogP contribution in [0.4, 0.5) is 10.5 Å². The number of phenolic OH excluding ortho intramolecular Hbond substituents is 1. The number of para-hydroxylation sites is 1. The lowest BCUT2D eigenvalue weighted by molar-refractivity contribution is 0.0951. The number of nitrogens with zero attached hydrogens (tertiary/aromatic N) is 1. The molecule has 1 fully saturated rings. The van der Waals surface area contributed by atoms with Crippen LogP contribution in [0.1, 0.15) is 28.8 Å². The fraction of sp³-hybridized carbons (Fsp3) is 0.263. The van der Waals surface area contributed by atoms with E-state index in [4.69, 9.17) is 0 Å². The number of carbonyl (C=O) groups excluding carboxylic acids is 2. The zero-order valence-electron chi connectivity index (χ0n) is 14.0. The highest BCUT2D eigenvalue weighted by Crippen LogP contribution is 2.20. The Labute approximate surface area is 146 Å². The van der Waals surface area contributed by atoms with Crippen LogP contribution >= 0.6 is 0 Å². The zero-order chi connectivity index (χ0) is 17.8. The number of rotatable bonds is 5. The lowest BCUT2D eigenvalue weighted by atomic mass is 10.2. The van der Waals surface area contributed by atoms with Gasteiger partial charge in [0.05, 0.1) is 6.54 Å². The Bertz CT molecular complexity index is 787. The third kappa shape index (κ3) is 4.50. The molecule has 6 heteroatoms. The van der Waals surface area contributed by atoms with E-state index in [1.807, 2.05) is 6.07 Å². The molecule has 0 bridgehead atoms. The minimum Gasteiger partial charge on any atom is -0.508 e. The summed E-state index contributed by atoms with van der Waals surface area (Å²) in [5.74, 6) is 0.0297. The van der Waals surface area contributed by atoms with Crippen molar-refractivity contribution in [3.63, 3.8) is 0 Å². The number of urea groups is 1. The third-order valence-electron chi connectivity index (χ3n) is 4.03. The molecule has 1 saturated carbocycles. The number of nitrogens with one attached hydrogen (secondary N) is 2. The van der Waals surface area contributed by atoms with Crippen molar-refractivity contribution in [2.75, 3.05) is 12.4 Å². The van der Waals surface area contributed by atoms with E-state index in [9.17, 15) is 14.7 Å². The van der Waals surface area contributed by atoms with Crippen molar-refractivity contribution in [2.24, 2.45) is 0 Å². The van der Waals surface area contributed by atoms with Gasteiger partial charge in [-0.2, -0.15) is 0 Å². The maximum Gasteiger partial charge on any atom is 0.321 e. The fourth-order valence-corrected chi connectivity index (χ4v) is 2.43. The Kier molecular flexibility index (Phi) is 4.88. The summed E-state index contributed by atoms with van der Waals surface area (Å²) in [4.78, 5) is 25.9. The van der Waals surface area contributed by atoms with E-state index in [1.54, 1.807) is 49.5 Å². The Morgan fingerprint density at radius 2 is 1.92 bits per heavy atom. The van der Waals surface area contributed by atoms with Gasteiger partial charge in [0.2, 0.25) is 0 Å². The van der Waals surface area contributed by atoms with Crippen LogP contribution in [-0.2, 0) is 6.54 Å². The summed E-state index contributed by atoms with van der Waals surface area (Å²) in [5.41, 5.74) is 1.74. The number of hydrogen-bond acceptors (Lipinski definition) is 3. The highest BCUT2D eigenvalue weighted by Gasteiger charge is 2.23. The van der Waals surface area contributed by atoms with E-state index in [1.165, 1.54) is 4.90 Å². The highest BCUT2D eigenvalue weighted by molar-refractivity contribution is 5.97. The molecule has 0 saturated heterocycles. The number of benzene rings is 2. The number of anilines is 1. The van der Waals surface area contributed by atoms with Gasteiger partial charge in [-0.05, 0) is 37.1 Å². The normalized spacial score (nSPS) is 13.2. The van der Waals surface area contributed by atoms with E-state index in [-0.39, 0.29) is 30.3 Å². The molecule has 25 heavy (non-hydrogen) atoms. The van der Waals surface area contributed by atoms with Crippen LogP contribution in [0.5, 0.6) is 5.75 Å². The number of amides is 3. The van der Waals surface area contributed by atoms with Gasteiger partial charge in [-0.25, -0.2) is 4.79 Å². The second-order valence-corrected chi connectivity index (χ2v) is 6.24. The molecule has 3 rings (SSSR count). The molecule has 0 aliphatic heterocycles. The molecule has 0 heterocycles. The standard InChI is InChI=1S/C19H21N3O3/c1-22(12-14-5-2-3-8-17(14)23)19(25)21-16-7-4-6-13(11-16)18(24)20-15-9-10-15/h2-8,11,15,23H,9-10,12H2,1H3,(H,20,24)(H,21,25). The Morgan fingerprint density at radius 3 is 2.64 bits per heavy atom. The molecular formula is C19H21N3O3. The van der Waals surface area contributed by atoms with Crippen molar-refractivity contribution < 1.29 is 14.7 Å². The molecule has 0 unspecified atom stereocenters. The summed E-state index contributed by atoms with van der Waals surface area (Å²) in [5, 5.41) is 15.5. The molecule has 0 aromatic heterocycles. The predicted molar refractivity (Wildman–Crippen MR) is 95.5 cm³/mol. The molecule has 130 valence electrons. The molecule has 1 aliphatic rings. The topological polar surface area (TPSA) is 81.7 Å². The Morgan fingerprint density at radius 1 is 1.16 bits per heavy atom. The molecule has 3 amide bonds. The molecule has 3 N–H and O–H groups in total. The van der Waals surface area contributed by atoms with Gasteiger partial charge in [0.1, 0.15) is 5.75 Å². The SMILES string of the molecule is CN(Cc1ccccc1O)C(=O)Nc1cccc(C(=O)NC2CC2)c1. The first-order valence-electron chi connectivity index (χ1n) is 8.23. The molecule has 6 nitrogen and oxygen atoms in total. The molecule has 2 aromatic rings. The summed E-state index contributed by atoms with van der Waals surface area (Å²) < 4.78 is 0. The first kappa shape index (κ1) is 16.8. The number of carbonyl (C=O) groups is 2. The largest absolute Gasteiger partial charge is 0.508 e. The zero-order valence-corrected chi connectivity index (χ0v) is 14.0. The fourth-order valence-electron chi connectivity index (χ4n) is 2.43. The van der Waals surface area contributed by atoms with Crippen LogP contribution < -0.4 is 10.6 Å². The summed E-state index contributed by atoms with van der Waals surface area (Å²) in [6, 6.07) is 13.7. The van der Waals surface area contributed by atoms with Crippen molar-refractivity contribution in [3.8, 4) is 5.75 Å². The number of hydrogen-bond donors (Lipinski definition) is 3. The van der Waals surface area contributed by atoms with Gasteiger partial charge >= 0.3 is 6.03 Å². The van der Waals surface area contributed by atoms with Gasteiger partial charge in [0.15, 0.2) is 0 Å². The smallest absolute Gasteiger partial charge is 0.321 e. The summed E-state index contributed by atoms with van der Waals surface area (Å²) in [7, 11) is 1.64. The average Bonchev–Trinajstić information content (AvgIpc) is 3.41. The van der Waals surface area contributed by atoms with Crippen LogP contribution in [0.3, 0.4) is 0 Å². The van der Waals surface area contributed by atoms with Gasteiger partial charge in [0, 0.05) is 29.9 Å². The lowest BCUT2D eigenvalue weighted by Gasteiger charge is -2.19. The molecule has 0 spiro atoms. The summed E-state index contributed by atoms with van der Waals surface area (Å²) in [6.07, 6.45) is 2.05. The lowest BCUT2D eigenvalue weighted by Crippen LogP contribution is -2.31. The van der Waals surface area contributed by atoms with Gasteiger partial charge in [-0.15, -0.1) is 0 Å². The van der Waals surface area contributed by atoms with Crippen molar-refractivity contribution in [1.29, 1.82) is 0 Å². The molecule has 0 atom stereocenters. The quantitative estimate of drug-likeness (QED) is 0.783.